The number of nitrogens with zero attached hydrogens (tertiary/aromatic N) is 1. The molecule has 1 aromatic heterocycles. The molecular weight excluding hydrogens is 218 g/mol. The van der Waals surface area contributed by atoms with Gasteiger partial charge in [-0.05, 0) is 19.7 Å². The van der Waals surface area contributed by atoms with Crippen LogP contribution in [0.2, 0.25) is 0 Å². The Kier molecular flexibility index (Phi) is 3.15. The average Bonchev–Trinajstić information content (AvgIpc) is 2.66. The number of fused-ring (bicyclic) bond motifs is 1. The number of rotatable bonds is 4. The second-order valence-electron chi connectivity index (χ2n) is 4.03. The Morgan fingerprint density at radius 1 is 1.41 bits per heavy atom. The highest BCUT2D eigenvalue weighted by molar-refractivity contribution is 6.03. The Morgan fingerprint density at radius 3 is 2.76 bits per heavy atom. The molecule has 0 atom stereocenters. The number of hydrogen-bond acceptors (Lipinski definition) is 3. The summed E-state index contributed by atoms with van der Waals surface area (Å²) < 4.78 is 5.61. The van der Waals surface area contributed by atoms with Gasteiger partial charge < -0.3 is 9.52 Å². The van der Waals surface area contributed by atoms with E-state index in [4.69, 9.17) is 4.42 Å². The zero-order valence-electron chi connectivity index (χ0n) is 9.93. The van der Waals surface area contributed by atoms with Crippen molar-refractivity contribution in [3.63, 3.8) is 0 Å². The lowest BCUT2D eigenvalue weighted by Crippen LogP contribution is -2.17. The Bertz CT molecular complexity index is 545. The molecule has 4 nitrogen and oxygen atoms in total. The van der Waals surface area contributed by atoms with Crippen molar-refractivity contribution < 1.29 is 14.3 Å². The van der Waals surface area contributed by atoms with Crippen LogP contribution >= 0.6 is 0 Å². The standard InChI is InChI=1S/C13H15NO3/c1-3-14(2)8-11-12(13(15)16)9-6-4-5-7-10(9)17-11/h4-7H,3,8H2,1-2H3,(H,15,16). The first kappa shape index (κ1) is 11.7. The van der Waals surface area contributed by atoms with E-state index in [9.17, 15) is 9.90 Å². The van der Waals surface area contributed by atoms with Gasteiger partial charge >= 0.3 is 5.97 Å². The van der Waals surface area contributed by atoms with E-state index >= 15 is 0 Å². The summed E-state index contributed by atoms with van der Waals surface area (Å²) in [6.07, 6.45) is 0. The smallest absolute Gasteiger partial charge is 0.339 e. The van der Waals surface area contributed by atoms with Gasteiger partial charge in [0.2, 0.25) is 0 Å². The van der Waals surface area contributed by atoms with E-state index in [1.807, 2.05) is 31.0 Å². The maximum Gasteiger partial charge on any atom is 0.339 e. The molecule has 90 valence electrons. The quantitative estimate of drug-likeness (QED) is 0.881. The molecule has 0 saturated heterocycles. The molecule has 0 aliphatic rings. The van der Waals surface area contributed by atoms with Crippen LogP contribution in [0, 0.1) is 0 Å². The third kappa shape index (κ3) is 2.17. The minimum Gasteiger partial charge on any atom is -0.478 e. The fraction of sp³-hybridized carbons (Fsp3) is 0.308. The summed E-state index contributed by atoms with van der Waals surface area (Å²) in [5.41, 5.74) is 0.908. The Hall–Kier alpha value is -1.81. The molecule has 0 saturated carbocycles. The number of benzene rings is 1. The van der Waals surface area contributed by atoms with Gasteiger partial charge in [-0.1, -0.05) is 25.1 Å². The van der Waals surface area contributed by atoms with E-state index in [1.54, 1.807) is 12.1 Å². The predicted octanol–water partition coefficient (Wildman–Crippen LogP) is 2.58. The van der Waals surface area contributed by atoms with E-state index in [2.05, 4.69) is 0 Å². The van der Waals surface area contributed by atoms with Gasteiger partial charge in [-0.25, -0.2) is 4.79 Å². The third-order valence-electron chi connectivity index (χ3n) is 2.84. The first-order valence-corrected chi connectivity index (χ1v) is 5.55. The maximum absolute atomic E-state index is 11.3. The molecule has 1 heterocycles. The van der Waals surface area contributed by atoms with E-state index in [1.165, 1.54) is 0 Å². The zero-order chi connectivity index (χ0) is 12.4. The summed E-state index contributed by atoms with van der Waals surface area (Å²) in [5, 5.41) is 9.93. The van der Waals surface area contributed by atoms with Gasteiger partial charge in [0.15, 0.2) is 0 Å². The van der Waals surface area contributed by atoms with Crippen molar-refractivity contribution in [3.05, 3.63) is 35.6 Å². The van der Waals surface area contributed by atoms with Crippen molar-refractivity contribution in [3.8, 4) is 0 Å². The highest BCUT2D eigenvalue weighted by atomic mass is 16.4. The van der Waals surface area contributed by atoms with Crippen LogP contribution < -0.4 is 0 Å². The Balaban J connectivity index is 2.54. The number of furan rings is 1. The topological polar surface area (TPSA) is 53.7 Å². The molecule has 1 aromatic carbocycles. The van der Waals surface area contributed by atoms with Crippen LogP contribution in [0.5, 0.6) is 0 Å². The van der Waals surface area contributed by atoms with Crippen molar-refractivity contribution in [2.45, 2.75) is 13.5 Å². The van der Waals surface area contributed by atoms with Gasteiger partial charge in [0.25, 0.3) is 0 Å². The Morgan fingerprint density at radius 2 is 2.12 bits per heavy atom. The molecule has 0 spiro atoms. The number of carbonyl (C=O) groups is 1. The molecule has 4 heteroatoms. The van der Waals surface area contributed by atoms with Crippen LogP contribution in [0.25, 0.3) is 11.0 Å². The molecule has 0 fully saturated rings. The largest absolute Gasteiger partial charge is 0.478 e. The molecule has 17 heavy (non-hydrogen) atoms. The highest BCUT2D eigenvalue weighted by Gasteiger charge is 2.20. The summed E-state index contributed by atoms with van der Waals surface area (Å²) in [6, 6.07) is 7.22. The zero-order valence-corrected chi connectivity index (χ0v) is 9.93. The molecule has 1 N–H and O–H groups in total. The lowest BCUT2D eigenvalue weighted by atomic mass is 10.1. The highest BCUT2D eigenvalue weighted by Crippen LogP contribution is 2.26. The molecule has 0 amide bonds. The Labute approximate surface area is 99.4 Å². The SMILES string of the molecule is CCN(C)Cc1oc2ccccc2c1C(=O)O. The molecule has 2 rings (SSSR count). The van der Waals surface area contributed by atoms with Gasteiger partial charge in [-0.2, -0.15) is 0 Å². The van der Waals surface area contributed by atoms with Crippen LogP contribution in [-0.2, 0) is 6.54 Å². The van der Waals surface area contributed by atoms with Crippen LogP contribution in [0.15, 0.2) is 28.7 Å². The van der Waals surface area contributed by atoms with E-state index in [0.717, 1.165) is 6.54 Å². The second kappa shape index (κ2) is 4.59. The van der Waals surface area contributed by atoms with E-state index in [-0.39, 0.29) is 5.56 Å². The molecule has 0 aliphatic heterocycles. The van der Waals surface area contributed by atoms with Gasteiger partial charge in [-0.15, -0.1) is 0 Å². The van der Waals surface area contributed by atoms with Crippen LogP contribution in [0.3, 0.4) is 0 Å². The van der Waals surface area contributed by atoms with Crippen LogP contribution in [0.4, 0.5) is 0 Å². The summed E-state index contributed by atoms with van der Waals surface area (Å²) in [5.74, 6) is -0.419. The molecule has 0 radical (unpaired) electrons. The van der Waals surface area contributed by atoms with Crippen molar-refractivity contribution in [1.82, 2.24) is 4.90 Å². The van der Waals surface area contributed by atoms with Gasteiger partial charge in [0, 0.05) is 5.39 Å². The number of para-hydroxylation sites is 1. The normalized spacial score (nSPS) is 11.2. The average molecular weight is 233 g/mol. The van der Waals surface area contributed by atoms with Gasteiger partial charge in [0.05, 0.1) is 6.54 Å². The molecular formula is C13H15NO3. The van der Waals surface area contributed by atoms with Crippen molar-refractivity contribution in [2.24, 2.45) is 0 Å². The first-order valence-electron chi connectivity index (χ1n) is 5.55. The fourth-order valence-corrected chi connectivity index (χ4v) is 1.80. The van der Waals surface area contributed by atoms with Crippen molar-refractivity contribution in [2.75, 3.05) is 13.6 Å². The van der Waals surface area contributed by atoms with Gasteiger partial charge in [0.1, 0.15) is 16.9 Å². The predicted molar refractivity (Wildman–Crippen MR) is 65.2 cm³/mol. The third-order valence-corrected chi connectivity index (χ3v) is 2.84. The molecule has 2 aromatic rings. The summed E-state index contributed by atoms with van der Waals surface area (Å²) in [6.45, 7) is 3.37. The first-order chi connectivity index (χ1) is 8.13. The van der Waals surface area contributed by atoms with Crippen molar-refractivity contribution >= 4 is 16.9 Å². The second-order valence-corrected chi connectivity index (χ2v) is 4.03. The lowest BCUT2D eigenvalue weighted by molar-refractivity contribution is 0.0695. The summed E-state index contributed by atoms with van der Waals surface area (Å²) >= 11 is 0. The molecule has 0 bridgehead atoms. The molecule has 0 unspecified atom stereocenters. The minimum absolute atomic E-state index is 0.279. The number of aromatic carboxylic acids is 1. The number of hydrogen-bond donors (Lipinski definition) is 1. The lowest BCUT2D eigenvalue weighted by Gasteiger charge is -2.11. The summed E-state index contributed by atoms with van der Waals surface area (Å²) in [7, 11) is 1.93. The monoisotopic (exact) mass is 233 g/mol. The summed E-state index contributed by atoms with van der Waals surface area (Å²) in [4.78, 5) is 13.3. The van der Waals surface area contributed by atoms with E-state index < -0.39 is 5.97 Å². The van der Waals surface area contributed by atoms with Crippen LogP contribution in [0.1, 0.15) is 23.0 Å². The maximum atomic E-state index is 11.3. The van der Waals surface area contributed by atoms with Crippen LogP contribution in [-0.4, -0.2) is 29.6 Å². The van der Waals surface area contributed by atoms with Crippen molar-refractivity contribution in [1.29, 1.82) is 0 Å². The van der Waals surface area contributed by atoms with E-state index in [0.29, 0.717) is 23.3 Å². The minimum atomic E-state index is -0.936. The molecule has 0 aliphatic carbocycles. The fourth-order valence-electron chi connectivity index (χ4n) is 1.80. The van der Waals surface area contributed by atoms with Gasteiger partial charge in [-0.3, -0.25) is 4.90 Å². The number of carboxylic acid groups (broad SMARTS) is 1. The number of carboxylic acids is 1.